The Morgan fingerprint density at radius 2 is 2.22 bits per heavy atom. The number of methoxy groups -OCH3 is 1. The second-order valence-electron chi connectivity index (χ2n) is 5.05. The van der Waals surface area contributed by atoms with Crippen LogP contribution >= 0.6 is 0 Å². The molecule has 0 saturated carbocycles. The van der Waals surface area contributed by atoms with Crippen LogP contribution in [0.3, 0.4) is 0 Å². The average molecular weight is 252 g/mol. The summed E-state index contributed by atoms with van der Waals surface area (Å²) >= 11 is 0. The van der Waals surface area contributed by atoms with Gasteiger partial charge in [0.2, 0.25) is 5.76 Å². The van der Waals surface area contributed by atoms with Crippen molar-refractivity contribution in [1.29, 1.82) is 0 Å². The standard InChI is InChI=1S/C12H17BO5/c1-8-7-12(2,3)18-13(17-8)10-6-5-9(16-10)11(14)15-4/h5-6,8H,7H2,1-4H3. The van der Waals surface area contributed by atoms with Gasteiger partial charge >= 0.3 is 13.1 Å². The molecule has 0 radical (unpaired) electrons. The largest absolute Gasteiger partial charge is 0.532 e. The van der Waals surface area contributed by atoms with Gasteiger partial charge < -0.3 is 18.5 Å². The maximum absolute atomic E-state index is 11.3. The van der Waals surface area contributed by atoms with Gasteiger partial charge in [-0.3, -0.25) is 0 Å². The zero-order valence-corrected chi connectivity index (χ0v) is 11.1. The van der Waals surface area contributed by atoms with Crippen molar-refractivity contribution in [2.24, 2.45) is 0 Å². The first-order valence-corrected chi connectivity index (χ1v) is 5.92. The highest BCUT2D eigenvalue weighted by atomic mass is 16.6. The highest BCUT2D eigenvalue weighted by molar-refractivity contribution is 6.60. The van der Waals surface area contributed by atoms with Crippen LogP contribution in [0.25, 0.3) is 0 Å². The van der Waals surface area contributed by atoms with E-state index in [1.165, 1.54) is 7.11 Å². The predicted molar refractivity (Wildman–Crippen MR) is 65.8 cm³/mol. The number of hydrogen-bond donors (Lipinski definition) is 0. The van der Waals surface area contributed by atoms with Crippen LogP contribution in [-0.2, 0) is 14.0 Å². The van der Waals surface area contributed by atoms with E-state index in [1.54, 1.807) is 12.1 Å². The quantitative estimate of drug-likeness (QED) is 0.587. The fourth-order valence-electron chi connectivity index (χ4n) is 2.13. The molecule has 1 aliphatic rings. The van der Waals surface area contributed by atoms with Gasteiger partial charge in [0.05, 0.1) is 12.7 Å². The zero-order valence-electron chi connectivity index (χ0n) is 11.1. The summed E-state index contributed by atoms with van der Waals surface area (Å²) in [4.78, 5) is 11.3. The normalized spacial score (nSPS) is 22.9. The van der Waals surface area contributed by atoms with Gasteiger partial charge in [-0.15, -0.1) is 0 Å². The molecule has 0 aromatic carbocycles. The van der Waals surface area contributed by atoms with E-state index in [4.69, 9.17) is 13.7 Å². The monoisotopic (exact) mass is 252 g/mol. The molecule has 5 nitrogen and oxygen atoms in total. The lowest BCUT2D eigenvalue weighted by Gasteiger charge is -2.37. The van der Waals surface area contributed by atoms with Crippen molar-refractivity contribution in [3.8, 4) is 0 Å². The van der Waals surface area contributed by atoms with Gasteiger partial charge in [0.25, 0.3) is 0 Å². The molecule has 1 aromatic rings. The molecule has 0 N–H and O–H groups in total. The molecule has 0 amide bonds. The molecule has 0 aliphatic carbocycles. The van der Waals surface area contributed by atoms with Crippen LogP contribution in [0.15, 0.2) is 16.5 Å². The van der Waals surface area contributed by atoms with Crippen LogP contribution < -0.4 is 5.66 Å². The molecule has 18 heavy (non-hydrogen) atoms. The molecule has 0 spiro atoms. The van der Waals surface area contributed by atoms with Crippen molar-refractivity contribution in [2.75, 3.05) is 7.11 Å². The van der Waals surface area contributed by atoms with Gasteiger partial charge in [-0.25, -0.2) is 4.79 Å². The Morgan fingerprint density at radius 1 is 1.50 bits per heavy atom. The molecule has 1 atom stereocenters. The Bertz CT molecular complexity index is 439. The zero-order chi connectivity index (χ0) is 13.3. The Morgan fingerprint density at radius 3 is 2.83 bits per heavy atom. The summed E-state index contributed by atoms with van der Waals surface area (Å²) in [5.74, 6) is -0.361. The van der Waals surface area contributed by atoms with Crippen molar-refractivity contribution in [1.82, 2.24) is 0 Å². The number of esters is 1. The third-order valence-electron chi connectivity index (χ3n) is 2.81. The van der Waals surface area contributed by atoms with Crippen molar-refractivity contribution in [3.05, 3.63) is 17.9 Å². The highest BCUT2D eigenvalue weighted by Crippen LogP contribution is 2.25. The van der Waals surface area contributed by atoms with Crippen LogP contribution in [0.5, 0.6) is 0 Å². The Labute approximate surface area is 107 Å². The molecule has 1 fully saturated rings. The van der Waals surface area contributed by atoms with Crippen molar-refractivity contribution < 1.29 is 23.3 Å². The summed E-state index contributed by atoms with van der Waals surface area (Å²) in [6.45, 7) is 5.99. The smallest absolute Gasteiger partial charge is 0.463 e. The second kappa shape index (κ2) is 4.78. The third kappa shape index (κ3) is 2.76. The molecule has 1 aliphatic heterocycles. The molecule has 6 heteroatoms. The van der Waals surface area contributed by atoms with Gasteiger partial charge in [-0.2, -0.15) is 0 Å². The molecule has 0 bridgehead atoms. The Hall–Kier alpha value is -1.27. The topological polar surface area (TPSA) is 57.9 Å². The van der Waals surface area contributed by atoms with Crippen LogP contribution in [0.1, 0.15) is 37.7 Å². The van der Waals surface area contributed by atoms with E-state index in [2.05, 4.69) is 4.74 Å². The minimum Gasteiger partial charge on any atom is -0.463 e. The molecular formula is C12H17BO5. The lowest BCUT2D eigenvalue weighted by atomic mass is 9.80. The van der Waals surface area contributed by atoms with E-state index >= 15 is 0 Å². The first-order valence-electron chi connectivity index (χ1n) is 5.92. The van der Waals surface area contributed by atoms with Gasteiger partial charge in [0.15, 0.2) is 0 Å². The molecule has 2 rings (SSSR count). The van der Waals surface area contributed by atoms with Crippen LogP contribution in [-0.4, -0.2) is 31.9 Å². The van der Waals surface area contributed by atoms with Crippen molar-refractivity contribution in [2.45, 2.75) is 38.9 Å². The number of rotatable bonds is 2. The fourth-order valence-corrected chi connectivity index (χ4v) is 2.13. The van der Waals surface area contributed by atoms with E-state index in [0.717, 1.165) is 6.42 Å². The minimum atomic E-state index is -0.581. The van der Waals surface area contributed by atoms with Crippen molar-refractivity contribution >= 4 is 18.7 Å². The average Bonchev–Trinajstić information content (AvgIpc) is 2.74. The fraction of sp³-hybridized carbons (Fsp3) is 0.583. The number of hydrogen-bond acceptors (Lipinski definition) is 5. The summed E-state index contributed by atoms with van der Waals surface area (Å²) in [6, 6.07) is 3.23. The van der Waals surface area contributed by atoms with Crippen LogP contribution in [0.4, 0.5) is 0 Å². The summed E-state index contributed by atoms with van der Waals surface area (Å²) in [5, 5.41) is 0. The number of furan rings is 1. The SMILES string of the molecule is COC(=O)c1ccc(B2OC(C)CC(C)(C)O2)o1. The van der Waals surface area contributed by atoms with Crippen LogP contribution in [0.2, 0.25) is 0 Å². The lowest BCUT2D eigenvalue weighted by molar-refractivity contribution is -0.0245. The minimum absolute atomic E-state index is 0.0745. The van der Waals surface area contributed by atoms with Gasteiger partial charge in [0.1, 0.15) is 5.66 Å². The van der Waals surface area contributed by atoms with E-state index in [0.29, 0.717) is 5.66 Å². The number of carbonyl (C=O) groups excluding carboxylic acids is 1. The van der Waals surface area contributed by atoms with E-state index in [-0.39, 0.29) is 17.5 Å². The van der Waals surface area contributed by atoms with Crippen molar-refractivity contribution in [3.63, 3.8) is 0 Å². The Balaban J connectivity index is 2.16. The Kier molecular flexibility index (Phi) is 3.50. The van der Waals surface area contributed by atoms with Gasteiger partial charge in [-0.1, -0.05) is 0 Å². The summed E-state index contributed by atoms with van der Waals surface area (Å²) < 4.78 is 21.4. The van der Waals surface area contributed by atoms with Gasteiger partial charge in [0, 0.05) is 6.10 Å². The first kappa shape index (κ1) is 13.2. The maximum Gasteiger partial charge on any atom is 0.532 e. The number of ether oxygens (including phenoxy) is 1. The first-order chi connectivity index (χ1) is 8.41. The molecular weight excluding hydrogens is 235 g/mol. The summed E-state index contributed by atoms with van der Waals surface area (Å²) in [5.41, 5.74) is 0.204. The maximum atomic E-state index is 11.3. The third-order valence-corrected chi connectivity index (χ3v) is 2.81. The molecule has 1 aromatic heterocycles. The highest BCUT2D eigenvalue weighted by Gasteiger charge is 2.40. The van der Waals surface area contributed by atoms with E-state index < -0.39 is 13.1 Å². The second-order valence-corrected chi connectivity index (χ2v) is 5.05. The summed E-state index contributed by atoms with van der Waals surface area (Å²) in [6.07, 6.45) is 0.888. The van der Waals surface area contributed by atoms with Crippen LogP contribution in [0, 0.1) is 0 Å². The molecule has 1 saturated heterocycles. The molecule has 1 unspecified atom stereocenters. The lowest BCUT2D eigenvalue weighted by Crippen LogP contribution is -2.51. The predicted octanol–water partition coefficient (Wildman–Crippen LogP) is 1.37. The van der Waals surface area contributed by atoms with E-state index in [9.17, 15) is 4.79 Å². The number of carbonyl (C=O) groups is 1. The van der Waals surface area contributed by atoms with Gasteiger partial charge in [-0.05, 0) is 39.3 Å². The van der Waals surface area contributed by atoms with E-state index in [1.807, 2.05) is 20.8 Å². The summed E-state index contributed by atoms with van der Waals surface area (Å²) in [7, 11) is 0.728. The molecule has 98 valence electrons. The molecule has 2 heterocycles.